The summed E-state index contributed by atoms with van der Waals surface area (Å²) in [5.74, 6) is -0.309. The molecule has 8 nitrogen and oxygen atoms in total. The molecule has 34 heavy (non-hydrogen) atoms. The molecule has 1 saturated heterocycles. The molecule has 0 spiro atoms. The third kappa shape index (κ3) is 5.36. The number of anilines is 2. The van der Waals surface area contributed by atoms with Crippen molar-refractivity contribution in [2.24, 2.45) is 7.05 Å². The molecular weight excluding hydrogens is 449 g/mol. The SMILES string of the molecule is Cn1cc(C(=O)NC2CCN(C(=O)c3cccnc3Nc3cccc(C(F)(F)F)c3)CC2)cn1. The second-order valence-electron chi connectivity index (χ2n) is 8.05. The number of piperidine rings is 1. The smallest absolute Gasteiger partial charge is 0.349 e. The maximum absolute atomic E-state index is 13.2. The molecule has 0 bridgehead atoms. The van der Waals surface area contributed by atoms with Crippen LogP contribution in [-0.2, 0) is 13.2 Å². The van der Waals surface area contributed by atoms with Gasteiger partial charge in [0.1, 0.15) is 5.82 Å². The van der Waals surface area contributed by atoms with E-state index in [-0.39, 0.29) is 34.9 Å². The van der Waals surface area contributed by atoms with Gasteiger partial charge >= 0.3 is 6.18 Å². The number of likely N-dealkylation sites (tertiary alicyclic amines) is 1. The highest BCUT2D eigenvalue weighted by molar-refractivity contribution is 5.99. The van der Waals surface area contributed by atoms with Gasteiger partial charge in [-0.1, -0.05) is 6.07 Å². The molecule has 3 heterocycles. The molecule has 11 heteroatoms. The van der Waals surface area contributed by atoms with Crippen molar-refractivity contribution in [3.63, 3.8) is 0 Å². The number of halogens is 3. The molecule has 0 saturated carbocycles. The lowest BCUT2D eigenvalue weighted by atomic mass is 10.0. The van der Waals surface area contributed by atoms with Crippen LogP contribution >= 0.6 is 0 Å². The van der Waals surface area contributed by atoms with E-state index in [1.807, 2.05) is 0 Å². The lowest BCUT2D eigenvalue weighted by Crippen LogP contribution is -2.46. The van der Waals surface area contributed by atoms with Crippen molar-refractivity contribution >= 4 is 23.3 Å². The summed E-state index contributed by atoms with van der Waals surface area (Å²) in [4.78, 5) is 31.3. The highest BCUT2D eigenvalue weighted by atomic mass is 19.4. The third-order valence-corrected chi connectivity index (χ3v) is 5.58. The highest BCUT2D eigenvalue weighted by Crippen LogP contribution is 2.31. The zero-order chi connectivity index (χ0) is 24.3. The van der Waals surface area contributed by atoms with Crippen molar-refractivity contribution in [3.8, 4) is 0 Å². The van der Waals surface area contributed by atoms with Gasteiger partial charge in [0.25, 0.3) is 11.8 Å². The fraction of sp³-hybridized carbons (Fsp3) is 0.304. The number of carbonyl (C=O) groups is 2. The summed E-state index contributed by atoms with van der Waals surface area (Å²) < 4.78 is 40.6. The van der Waals surface area contributed by atoms with E-state index < -0.39 is 11.7 Å². The number of carbonyl (C=O) groups excluding carboxylic acids is 2. The number of aromatic nitrogens is 3. The van der Waals surface area contributed by atoms with Crippen LogP contribution in [0.5, 0.6) is 0 Å². The summed E-state index contributed by atoms with van der Waals surface area (Å²) in [6.07, 6.45) is 1.28. The van der Waals surface area contributed by atoms with Crippen molar-refractivity contribution in [3.05, 3.63) is 71.7 Å². The van der Waals surface area contributed by atoms with Gasteiger partial charge in [-0.15, -0.1) is 0 Å². The van der Waals surface area contributed by atoms with Crippen LogP contribution in [0.25, 0.3) is 0 Å². The lowest BCUT2D eigenvalue weighted by Gasteiger charge is -2.32. The first kappa shape index (κ1) is 23.3. The zero-order valence-corrected chi connectivity index (χ0v) is 18.3. The standard InChI is InChI=1S/C23H23F3N6O2/c1-31-14-15(13-28-31)21(33)30-17-7-10-32(11-8-17)22(34)19-6-3-9-27-20(19)29-18-5-2-4-16(12-18)23(24,25)26/h2-6,9,12-14,17H,7-8,10-11H2,1H3,(H,27,29)(H,30,33). The van der Waals surface area contributed by atoms with E-state index in [1.165, 1.54) is 24.5 Å². The minimum Gasteiger partial charge on any atom is -0.349 e. The molecule has 0 radical (unpaired) electrons. The van der Waals surface area contributed by atoms with Gasteiger partial charge in [-0.05, 0) is 43.2 Å². The number of hydrogen-bond acceptors (Lipinski definition) is 5. The number of amides is 2. The first-order valence-electron chi connectivity index (χ1n) is 10.7. The van der Waals surface area contributed by atoms with Gasteiger partial charge in [0.2, 0.25) is 0 Å². The van der Waals surface area contributed by atoms with E-state index in [9.17, 15) is 22.8 Å². The Bertz CT molecular complexity index is 1190. The molecule has 1 aromatic carbocycles. The van der Waals surface area contributed by atoms with Gasteiger partial charge in [-0.2, -0.15) is 18.3 Å². The molecule has 0 unspecified atom stereocenters. The predicted molar refractivity (Wildman–Crippen MR) is 119 cm³/mol. The van der Waals surface area contributed by atoms with Crippen molar-refractivity contribution < 1.29 is 22.8 Å². The Morgan fingerprint density at radius 1 is 1.12 bits per heavy atom. The van der Waals surface area contributed by atoms with Crippen LogP contribution in [0.1, 0.15) is 39.1 Å². The molecule has 3 aromatic rings. The Kier molecular flexibility index (Phi) is 6.53. The van der Waals surface area contributed by atoms with Gasteiger partial charge in [-0.3, -0.25) is 14.3 Å². The molecule has 1 fully saturated rings. The largest absolute Gasteiger partial charge is 0.416 e. The maximum Gasteiger partial charge on any atom is 0.416 e. The van der Waals surface area contributed by atoms with E-state index in [1.54, 1.807) is 35.0 Å². The van der Waals surface area contributed by atoms with Crippen LogP contribution < -0.4 is 10.6 Å². The fourth-order valence-electron chi connectivity index (χ4n) is 3.79. The first-order valence-corrected chi connectivity index (χ1v) is 10.7. The van der Waals surface area contributed by atoms with Crippen molar-refractivity contribution in [2.75, 3.05) is 18.4 Å². The summed E-state index contributed by atoms with van der Waals surface area (Å²) in [7, 11) is 1.73. The Morgan fingerprint density at radius 2 is 1.88 bits per heavy atom. The van der Waals surface area contributed by atoms with Crippen molar-refractivity contribution in [2.45, 2.75) is 25.1 Å². The second kappa shape index (κ2) is 9.54. The third-order valence-electron chi connectivity index (χ3n) is 5.58. The minimum atomic E-state index is -4.47. The van der Waals surface area contributed by atoms with Gasteiger partial charge in [0, 0.05) is 44.3 Å². The molecule has 2 aromatic heterocycles. The van der Waals surface area contributed by atoms with Crippen LogP contribution in [0, 0.1) is 0 Å². The Morgan fingerprint density at radius 3 is 2.56 bits per heavy atom. The zero-order valence-electron chi connectivity index (χ0n) is 18.3. The van der Waals surface area contributed by atoms with E-state index in [4.69, 9.17) is 0 Å². The molecule has 0 atom stereocenters. The summed E-state index contributed by atoms with van der Waals surface area (Å²) >= 11 is 0. The Balaban J connectivity index is 1.40. The highest BCUT2D eigenvalue weighted by Gasteiger charge is 2.31. The van der Waals surface area contributed by atoms with Crippen molar-refractivity contribution in [1.82, 2.24) is 25.0 Å². The van der Waals surface area contributed by atoms with Crippen LogP contribution in [0.15, 0.2) is 55.0 Å². The molecule has 0 aliphatic carbocycles. The topological polar surface area (TPSA) is 92.2 Å². The average molecular weight is 472 g/mol. The van der Waals surface area contributed by atoms with Crippen LogP contribution in [-0.4, -0.2) is 50.6 Å². The number of rotatable bonds is 5. The maximum atomic E-state index is 13.2. The molecule has 1 aliphatic heterocycles. The van der Waals surface area contributed by atoms with Crippen LogP contribution in [0.3, 0.4) is 0 Å². The number of pyridine rings is 1. The van der Waals surface area contributed by atoms with Gasteiger partial charge in [0.15, 0.2) is 0 Å². The Labute approximate surface area is 193 Å². The first-order chi connectivity index (χ1) is 16.2. The Hall–Kier alpha value is -3.89. The number of benzene rings is 1. The summed E-state index contributed by atoms with van der Waals surface area (Å²) in [5.41, 5.74) is 0.121. The molecule has 2 N–H and O–H groups in total. The molecule has 178 valence electrons. The quantitative estimate of drug-likeness (QED) is 0.592. The minimum absolute atomic E-state index is 0.0756. The predicted octanol–water partition coefficient (Wildman–Crippen LogP) is 3.61. The average Bonchev–Trinajstić information content (AvgIpc) is 3.26. The van der Waals surface area contributed by atoms with E-state index in [0.29, 0.717) is 31.5 Å². The summed E-state index contributed by atoms with van der Waals surface area (Å²) in [6, 6.07) is 7.84. The molecular formula is C23H23F3N6O2. The number of nitrogens with zero attached hydrogens (tertiary/aromatic N) is 4. The number of nitrogens with one attached hydrogen (secondary N) is 2. The number of alkyl halides is 3. The number of aryl methyl sites for hydroxylation is 1. The van der Waals surface area contributed by atoms with Gasteiger partial charge in [0.05, 0.1) is 22.9 Å². The number of hydrogen-bond donors (Lipinski definition) is 2. The summed E-state index contributed by atoms with van der Waals surface area (Å²) in [6.45, 7) is 0.851. The second-order valence-corrected chi connectivity index (χ2v) is 8.05. The van der Waals surface area contributed by atoms with Gasteiger partial charge in [-0.25, -0.2) is 4.98 Å². The van der Waals surface area contributed by atoms with E-state index in [2.05, 4.69) is 20.7 Å². The summed E-state index contributed by atoms with van der Waals surface area (Å²) in [5, 5.41) is 9.79. The lowest BCUT2D eigenvalue weighted by molar-refractivity contribution is -0.137. The van der Waals surface area contributed by atoms with E-state index in [0.717, 1.165) is 12.1 Å². The van der Waals surface area contributed by atoms with Crippen LogP contribution in [0.2, 0.25) is 0 Å². The molecule has 1 aliphatic rings. The molecule has 4 rings (SSSR count). The normalized spacial score (nSPS) is 14.6. The fourth-order valence-corrected chi connectivity index (χ4v) is 3.79. The van der Waals surface area contributed by atoms with Crippen molar-refractivity contribution in [1.29, 1.82) is 0 Å². The molecule has 2 amide bonds. The van der Waals surface area contributed by atoms with Gasteiger partial charge < -0.3 is 15.5 Å². The van der Waals surface area contributed by atoms with Crippen LogP contribution in [0.4, 0.5) is 24.7 Å². The monoisotopic (exact) mass is 472 g/mol. The van der Waals surface area contributed by atoms with E-state index >= 15 is 0 Å².